The standard InChI is InChI=1S/C25H16.C25H18.C18H18.C17H16.C17H18.C15H14/c1-5-13-21-17(9-1)18-10-2-6-14-22(18)25(21)23-15-7-3-11-19(23)20-12-4-8-16-24(20)25;1-3-11-19(12-4-1)25(20-13-5-2-6-14-20)23-17-9-7-15-21(23)22-16-8-10-18-24(22)25;1-6-12-18(13-7-1)16-10-4-2-8-14(16)15-9-3-5-11-17(15)18;1-3-9-15-13(7-1)14-8-2-4-10-16(14)17(15)11-5-6-12-17;1-3-17(4-2)15-11-7-5-9-13(15)14-10-6-8-12-16(14)17;1-15(2)13-9-5-3-7-11(13)12-8-4-6-10-14(12)15/h1-16H;1-18H;2-5,8-11H,1,6-7,12-13H2;1-4,7-10H,5-6,11-12H2;5-12H,3-4H2,1-2H3;3-10H,1-2H3. The molecule has 16 aromatic carbocycles. The number of hydrogen-bond donors (Lipinski definition) is 0. The smallest absolute Gasteiger partial charge is 0.0642 e. The van der Waals surface area contributed by atoms with Crippen LogP contribution in [0.15, 0.2) is 400 Å². The van der Waals surface area contributed by atoms with Crippen molar-refractivity contribution in [3.8, 4) is 77.9 Å². The van der Waals surface area contributed by atoms with Crippen LogP contribution in [-0.2, 0) is 32.5 Å². The van der Waals surface area contributed by atoms with E-state index in [2.05, 4.69) is 428 Å². The molecule has 0 aromatic heterocycles. The van der Waals surface area contributed by atoms with E-state index in [4.69, 9.17) is 0 Å². The van der Waals surface area contributed by atoms with Gasteiger partial charge in [0.2, 0.25) is 0 Å². The summed E-state index contributed by atoms with van der Waals surface area (Å²) < 4.78 is 0. The maximum absolute atomic E-state index is 2.36. The van der Waals surface area contributed by atoms with Crippen molar-refractivity contribution in [2.24, 2.45) is 0 Å². The lowest BCUT2D eigenvalue weighted by atomic mass is 9.68. The molecule has 0 radical (unpaired) electrons. The van der Waals surface area contributed by atoms with E-state index in [9.17, 15) is 0 Å². The summed E-state index contributed by atoms with van der Waals surface area (Å²) in [6.07, 6.45) is 14.6. The topological polar surface area (TPSA) is 0 Å². The molecule has 0 nitrogen and oxygen atoms in total. The molecular weight excluding hydrogens is 1410 g/mol. The zero-order valence-electron chi connectivity index (χ0n) is 67.9. The highest BCUT2D eigenvalue weighted by Crippen LogP contribution is 2.64. The van der Waals surface area contributed by atoms with E-state index in [0.717, 1.165) is 0 Å². The van der Waals surface area contributed by atoms with Crippen LogP contribution in [0.5, 0.6) is 0 Å². The quantitative estimate of drug-likeness (QED) is 0.165. The molecule has 0 aliphatic heterocycles. The van der Waals surface area contributed by atoms with E-state index in [-0.39, 0.29) is 21.7 Å². The van der Waals surface area contributed by atoms with Crippen molar-refractivity contribution in [2.75, 3.05) is 0 Å². The van der Waals surface area contributed by atoms with Gasteiger partial charge in [-0.3, -0.25) is 0 Å². The van der Waals surface area contributed by atoms with Crippen molar-refractivity contribution in [3.63, 3.8) is 0 Å². The Morgan fingerprint density at radius 2 is 0.342 bits per heavy atom. The molecular formula is C117H100. The monoisotopic (exact) mass is 1500 g/mol. The van der Waals surface area contributed by atoms with Crippen LogP contribution in [0.4, 0.5) is 0 Å². The van der Waals surface area contributed by atoms with Crippen molar-refractivity contribution in [2.45, 2.75) is 131 Å². The second-order valence-electron chi connectivity index (χ2n) is 34.2. The lowest BCUT2D eigenvalue weighted by Gasteiger charge is -2.35. The van der Waals surface area contributed by atoms with Gasteiger partial charge in [-0.15, -0.1) is 0 Å². The van der Waals surface area contributed by atoms with Gasteiger partial charge < -0.3 is 0 Å². The molecule has 0 heterocycles. The number of fused-ring (bicyclic) bond motifs is 29. The third kappa shape index (κ3) is 11.4. The zero-order chi connectivity index (χ0) is 78.8. The summed E-state index contributed by atoms with van der Waals surface area (Å²) in [5.74, 6) is 0. The Kier molecular flexibility index (Phi) is 18.8. The van der Waals surface area contributed by atoms with Gasteiger partial charge in [0.05, 0.1) is 10.8 Å². The molecule has 9 aliphatic rings. The van der Waals surface area contributed by atoms with Crippen molar-refractivity contribution in [1.29, 1.82) is 0 Å². The highest BCUT2D eigenvalue weighted by Gasteiger charge is 2.52. The molecule has 568 valence electrons. The third-order valence-electron chi connectivity index (χ3n) is 28.7. The fraction of sp³-hybridized carbons (Fsp3) is 0.179. The predicted molar refractivity (Wildman–Crippen MR) is 491 cm³/mol. The van der Waals surface area contributed by atoms with Crippen LogP contribution in [0.2, 0.25) is 0 Å². The van der Waals surface area contributed by atoms with Gasteiger partial charge in [-0.1, -0.05) is 460 Å². The van der Waals surface area contributed by atoms with Crippen LogP contribution in [-0.4, -0.2) is 0 Å². The van der Waals surface area contributed by atoms with Crippen molar-refractivity contribution >= 4 is 0 Å². The van der Waals surface area contributed by atoms with Crippen LogP contribution < -0.4 is 0 Å². The van der Waals surface area contributed by atoms with E-state index in [0.29, 0.717) is 10.8 Å². The molecule has 16 aromatic rings. The molecule has 0 amide bonds. The number of rotatable bonds is 4. The van der Waals surface area contributed by atoms with Gasteiger partial charge in [-0.25, -0.2) is 0 Å². The summed E-state index contributed by atoms with van der Waals surface area (Å²) in [6.45, 7) is 9.22. The number of hydrogen-bond acceptors (Lipinski definition) is 0. The van der Waals surface area contributed by atoms with E-state index in [1.54, 1.807) is 22.3 Å². The summed E-state index contributed by atoms with van der Waals surface area (Å²) >= 11 is 0. The van der Waals surface area contributed by atoms with Gasteiger partial charge in [0.1, 0.15) is 0 Å². The minimum absolute atomic E-state index is 0.160. The van der Waals surface area contributed by atoms with Crippen LogP contribution in [0.25, 0.3) is 77.9 Å². The Morgan fingerprint density at radius 3 is 0.590 bits per heavy atom. The molecule has 2 saturated carbocycles. The Hall–Kier alpha value is -12.5. The average Bonchev–Trinajstić information content (AvgIpc) is 1.51. The average molecular weight is 1510 g/mol. The minimum atomic E-state index is -0.254. The highest BCUT2D eigenvalue weighted by atomic mass is 14.5. The van der Waals surface area contributed by atoms with Gasteiger partial charge in [0.25, 0.3) is 0 Å². The number of benzene rings is 16. The van der Waals surface area contributed by atoms with Gasteiger partial charge >= 0.3 is 0 Å². The molecule has 0 bridgehead atoms. The molecule has 117 heavy (non-hydrogen) atoms. The van der Waals surface area contributed by atoms with Gasteiger partial charge in [0, 0.05) is 21.7 Å². The molecule has 0 saturated heterocycles. The van der Waals surface area contributed by atoms with Crippen LogP contribution in [0.1, 0.15) is 187 Å². The molecule has 25 rings (SSSR count). The van der Waals surface area contributed by atoms with Gasteiger partial charge in [-0.2, -0.15) is 0 Å². The molecule has 0 atom stereocenters. The summed E-state index contributed by atoms with van der Waals surface area (Å²) in [7, 11) is 0. The molecule has 0 heteroatoms. The fourth-order valence-corrected chi connectivity index (χ4v) is 23.6. The first-order chi connectivity index (χ1) is 57.7. The zero-order valence-corrected chi connectivity index (χ0v) is 67.9. The van der Waals surface area contributed by atoms with E-state index in [1.807, 2.05) is 0 Å². The first-order valence-corrected chi connectivity index (χ1v) is 43.2. The molecule has 0 N–H and O–H groups in total. The van der Waals surface area contributed by atoms with E-state index < -0.39 is 0 Å². The molecule has 0 unspecified atom stereocenters. The Bertz CT molecular complexity index is 5700. The summed E-state index contributed by atoms with van der Waals surface area (Å²) in [5.41, 5.74) is 43.7. The van der Waals surface area contributed by atoms with Gasteiger partial charge in [-0.05, 0) is 205 Å². The van der Waals surface area contributed by atoms with Crippen LogP contribution >= 0.6 is 0 Å². The van der Waals surface area contributed by atoms with Crippen molar-refractivity contribution in [3.05, 3.63) is 489 Å². The molecule has 2 fully saturated rings. The first-order valence-electron chi connectivity index (χ1n) is 43.2. The fourth-order valence-electron chi connectivity index (χ4n) is 23.6. The lowest BCUT2D eigenvalue weighted by molar-refractivity contribution is 0.353. The van der Waals surface area contributed by atoms with Crippen LogP contribution in [0, 0.1) is 0 Å². The van der Waals surface area contributed by atoms with Crippen molar-refractivity contribution in [1.82, 2.24) is 0 Å². The first kappa shape index (κ1) is 73.4. The summed E-state index contributed by atoms with van der Waals surface area (Å²) in [4.78, 5) is 0. The predicted octanol–water partition coefficient (Wildman–Crippen LogP) is 30.3. The Balaban J connectivity index is 0.0000000913. The summed E-state index contributed by atoms with van der Waals surface area (Å²) in [6, 6.07) is 146. The molecule has 9 aliphatic carbocycles. The van der Waals surface area contributed by atoms with Crippen molar-refractivity contribution < 1.29 is 0 Å². The SMILES string of the molecule is CC1(C)c2ccccc2-c2ccccc21.CCC1(CC)c2ccccc2-c2ccccc21.c1ccc(C2(c3ccccc3)c3ccccc3-c3ccccc32)cc1.c1ccc2c(c1)-c1ccccc1C21CCCC1.c1ccc2c(c1)-c1ccccc1C21CCCCC1.c1ccc2c(c1)-c1ccccc1C21c2ccccc2-c2ccccc21. The Morgan fingerprint density at radius 1 is 0.171 bits per heavy atom. The van der Waals surface area contributed by atoms with E-state index >= 15 is 0 Å². The molecule has 3 spiro atoms. The highest BCUT2D eigenvalue weighted by molar-refractivity contribution is 5.95. The second-order valence-corrected chi connectivity index (χ2v) is 34.2. The van der Waals surface area contributed by atoms with Crippen LogP contribution in [0.3, 0.4) is 0 Å². The maximum atomic E-state index is 2.36. The summed E-state index contributed by atoms with van der Waals surface area (Å²) in [5, 5.41) is 0. The third-order valence-corrected chi connectivity index (χ3v) is 28.7. The lowest BCUT2D eigenvalue weighted by Crippen LogP contribution is -2.28. The van der Waals surface area contributed by atoms with E-state index in [1.165, 1.54) is 215 Å². The maximum Gasteiger partial charge on any atom is 0.0725 e. The largest absolute Gasteiger partial charge is 0.0725 e. The Labute approximate surface area is 693 Å². The minimum Gasteiger partial charge on any atom is -0.0642 e. The van der Waals surface area contributed by atoms with Gasteiger partial charge in [0.15, 0.2) is 0 Å². The normalized spacial score (nSPS) is 16.2. The second kappa shape index (κ2) is 30.0.